The van der Waals surface area contributed by atoms with Gasteiger partial charge in [-0.15, -0.1) is 11.3 Å². The number of hydrogen-bond donors (Lipinski definition) is 2. The zero-order valence-electron chi connectivity index (χ0n) is 11.8. The maximum Gasteiger partial charge on any atom is 0.240 e. The molecule has 0 saturated heterocycles. The molecule has 0 saturated carbocycles. The minimum atomic E-state index is -3.36. The van der Waals surface area contributed by atoms with E-state index in [1.54, 1.807) is 12.1 Å². The molecule has 0 fully saturated rings. The Morgan fingerprint density at radius 1 is 1.19 bits per heavy atom. The van der Waals surface area contributed by atoms with Crippen molar-refractivity contribution in [2.45, 2.75) is 30.2 Å². The Balaban J connectivity index is 1.78. The summed E-state index contributed by atoms with van der Waals surface area (Å²) in [6.07, 6.45) is 3.47. The van der Waals surface area contributed by atoms with Gasteiger partial charge >= 0.3 is 0 Å². The van der Waals surface area contributed by atoms with Crippen LogP contribution in [0.1, 0.15) is 29.3 Å². The summed E-state index contributed by atoms with van der Waals surface area (Å²) in [6.45, 7) is 0. The van der Waals surface area contributed by atoms with Crippen LogP contribution >= 0.6 is 11.3 Å². The van der Waals surface area contributed by atoms with Gasteiger partial charge in [0.1, 0.15) is 0 Å². The number of benzene rings is 1. The van der Waals surface area contributed by atoms with Gasteiger partial charge < -0.3 is 5.32 Å². The van der Waals surface area contributed by atoms with Gasteiger partial charge in [0.25, 0.3) is 0 Å². The first-order valence-electron chi connectivity index (χ1n) is 6.96. The van der Waals surface area contributed by atoms with E-state index in [9.17, 15) is 8.42 Å². The number of aryl methyl sites for hydroxylation is 1. The van der Waals surface area contributed by atoms with Crippen molar-refractivity contribution < 1.29 is 8.42 Å². The van der Waals surface area contributed by atoms with Crippen LogP contribution in [0.4, 0.5) is 5.69 Å². The molecule has 1 aliphatic rings. The van der Waals surface area contributed by atoms with Crippen LogP contribution in [0.3, 0.4) is 0 Å². The van der Waals surface area contributed by atoms with Gasteiger partial charge in [0.05, 0.1) is 10.9 Å². The Morgan fingerprint density at radius 2 is 1.95 bits per heavy atom. The van der Waals surface area contributed by atoms with Gasteiger partial charge in [0, 0.05) is 10.6 Å². The van der Waals surface area contributed by atoms with E-state index in [2.05, 4.69) is 21.5 Å². The number of anilines is 1. The summed E-state index contributed by atoms with van der Waals surface area (Å²) >= 11 is 1.82. The molecular weight excluding hydrogens is 304 g/mol. The van der Waals surface area contributed by atoms with Gasteiger partial charge in [-0.25, -0.2) is 13.1 Å². The van der Waals surface area contributed by atoms with Crippen molar-refractivity contribution >= 4 is 27.0 Å². The number of fused-ring (bicyclic) bond motifs is 1. The van der Waals surface area contributed by atoms with E-state index in [1.807, 2.05) is 23.5 Å². The SMILES string of the molecule is CNS(=O)(=O)c1ccc(NC2CCCc3sccc32)cc1. The van der Waals surface area contributed by atoms with Crippen LogP contribution in [0, 0.1) is 0 Å². The van der Waals surface area contributed by atoms with Crippen molar-refractivity contribution in [3.05, 3.63) is 46.2 Å². The molecule has 3 rings (SSSR count). The van der Waals surface area contributed by atoms with E-state index >= 15 is 0 Å². The maximum atomic E-state index is 11.7. The molecule has 0 radical (unpaired) electrons. The fraction of sp³-hybridized carbons (Fsp3) is 0.333. The van der Waals surface area contributed by atoms with E-state index in [-0.39, 0.29) is 4.90 Å². The lowest BCUT2D eigenvalue weighted by atomic mass is 9.94. The lowest BCUT2D eigenvalue weighted by molar-refractivity contribution is 0.588. The fourth-order valence-corrected chi connectivity index (χ4v) is 4.40. The molecule has 2 aromatic rings. The number of nitrogens with one attached hydrogen (secondary N) is 2. The lowest BCUT2D eigenvalue weighted by Crippen LogP contribution is -2.18. The van der Waals surface area contributed by atoms with Crippen molar-refractivity contribution in [3.63, 3.8) is 0 Å². The molecule has 0 spiro atoms. The fourth-order valence-electron chi connectivity index (χ4n) is 2.69. The molecule has 0 aliphatic heterocycles. The van der Waals surface area contributed by atoms with Crippen molar-refractivity contribution in [2.75, 3.05) is 12.4 Å². The second-order valence-electron chi connectivity index (χ2n) is 5.12. The largest absolute Gasteiger partial charge is 0.378 e. The summed E-state index contributed by atoms with van der Waals surface area (Å²) in [5.74, 6) is 0. The normalized spacial score (nSPS) is 18.2. The molecule has 2 N–H and O–H groups in total. The Hall–Kier alpha value is -1.37. The molecule has 0 bridgehead atoms. The van der Waals surface area contributed by atoms with Crippen LogP contribution in [-0.2, 0) is 16.4 Å². The molecule has 0 amide bonds. The van der Waals surface area contributed by atoms with Crippen LogP contribution < -0.4 is 10.0 Å². The van der Waals surface area contributed by atoms with E-state index in [0.29, 0.717) is 6.04 Å². The number of sulfonamides is 1. The molecule has 4 nitrogen and oxygen atoms in total. The standard InChI is InChI=1S/C15H18N2O2S2/c1-16-21(18,19)12-7-5-11(6-8-12)17-14-3-2-4-15-13(14)9-10-20-15/h5-10,14,16-17H,2-4H2,1H3. The van der Waals surface area contributed by atoms with Crippen molar-refractivity contribution in [2.24, 2.45) is 0 Å². The van der Waals surface area contributed by atoms with E-state index in [1.165, 1.54) is 30.3 Å². The highest BCUT2D eigenvalue weighted by atomic mass is 32.2. The van der Waals surface area contributed by atoms with Gasteiger partial charge in [0.15, 0.2) is 0 Å². The Bertz CT molecular complexity index is 720. The van der Waals surface area contributed by atoms with Gasteiger partial charge in [0.2, 0.25) is 10.0 Å². The molecule has 1 aliphatic carbocycles. The van der Waals surface area contributed by atoms with Gasteiger partial charge in [-0.2, -0.15) is 0 Å². The quantitative estimate of drug-likeness (QED) is 0.909. The summed E-state index contributed by atoms with van der Waals surface area (Å²) < 4.78 is 25.7. The molecular formula is C15H18N2O2S2. The van der Waals surface area contributed by atoms with Crippen LogP contribution in [0.5, 0.6) is 0 Å². The summed E-state index contributed by atoms with van der Waals surface area (Å²) in [6, 6.07) is 9.43. The Labute approximate surface area is 129 Å². The van der Waals surface area contributed by atoms with E-state index in [4.69, 9.17) is 0 Å². The molecule has 21 heavy (non-hydrogen) atoms. The zero-order chi connectivity index (χ0) is 14.9. The second-order valence-corrected chi connectivity index (χ2v) is 8.01. The van der Waals surface area contributed by atoms with Gasteiger partial charge in [-0.05, 0) is 67.6 Å². The number of thiophene rings is 1. The summed E-state index contributed by atoms with van der Waals surface area (Å²) in [4.78, 5) is 1.75. The van der Waals surface area contributed by atoms with Crippen LogP contribution in [-0.4, -0.2) is 15.5 Å². The van der Waals surface area contributed by atoms with E-state index in [0.717, 1.165) is 12.1 Å². The zero-order valence-corrected chi connectivity index (χ0v) is 13.4. The predicted molar refractivity (Wildman–Crippen MR) is 86.3 cm³/mol. The first-order chi connectivity index (χ1) is 10.1. The maximum absolute atomic E-state index is 11.7. The molecule has 1 unspecified atom stereocenters. The summed E-state index contributed by atoms with van der Waals surface area (Å²) in [5.41, 5.74) is 2.34. The molecule has 1 aromatic heterocycles. The van der Waals surface area contributed by atoms with Gasteiger partial charge in [-0.3, -0.25) is 0 Å². The first kappa shape index (κ1) is 14.6. The number of rotatable bonds is 4. The Morgan fingerprint density at radius 3 is 2.67 bits per heavy atom. The molecule has 1 heterocycles. The van der Waals surface area contributed by atoms with Crippen molar-refractivity contribution in [1.29, 1.82) is 0 Å². The highest BCUT2D eigenvalue weighted by Crippen LogP contribution is 2.35. The van der Waals surface area contributed by atoms with Crippen LogP contribution in [0.25, 0.3) is 0 Å². The summed E-state index contributed by atoms with van der Waals surface area (Å²) in [7, 11) is -1.95. The average molecular weight is 322 g/mol. The van der Waals surface area contributed by atoms with Gasteiger partial charge in [-0.1, -0.05) is 0 Å². The lowest BCUT2D eigenvalue weighted by Gasteiger charge is -2.24. The van der Waals surface area contributed by atoms with E-state index < -0.39 is 10.0 Å². The number of hydrogen-bond acceptors (Lipinski definition) is 4. The first-order valence-corrected chi connectivity index (χ1v) is 9.33. The smallest absolute Gasteiger partial charge is 0.240 e. The summed E-state index contributed by atoms with van der Waals surface area (Å²) in [5, 5.41) is 5.66. The monoisotopic (exact) mass is 322 g/mol. The van der Waals surface area contributed by atoms with Crippen molar-refractivity contribution in [3.8, 4) is 0 Å². The highest BCUT2D eigenvalue weighted by Gasteiger charge is 2.21. The molecule has 1 atom stereocenters. The predicted octanol–water partition coefficient (Wildman–Crippen LogP) is 3.15. The molecule has 1 aromatic carbocycles. The average Bonchev–Trinajstić information content (AvgIpc) is 2.97. The molecule has 6 heteroatoms. The van der Waals surface area contributed by atoms with Crippen LogP contribution in [0.15, 0.2) is 40.6 Å². The Kier molecular flexibility index (Phi) is 4.01. The molecule has 112 valence electrons. The third-order valence-electron chi connectivity index (χ3n) is 3.83. The highest BCUT2D eigenvalue weighted by molar-refractivity contribution is 7.89. The third-order valence-corrected chi connectivity index (χ3v) is 6.25. The van der Waals surface area contributed by atoms with Crippen molar-refractivity contribution in [1.82, 2.24) is 4.72 Å². The minimum absolute atomic E-state index is 0.287. The second kappa shape index (κ2) is 5.79. The minimum Gasteiger partial charge on any atom is -0.378 e. The topological polar surface area (TPSA) is 58.2 Å². The van der Waals surface area contributed by atoms with Crippen LogP contribution in [0.2, 0.25) is 0 Å². The third kappa shape index (κ3) is 2.97.